The van der Waals surface area contributed by atoms with Crippen molar-refractivity contribution in [3.63, 3.8) is 0 Å². The van der Waals surface area contributed by atoms with Crippen molar-refractivity contribution in [2.45, 2.75) is 63.6 Å². The lowest BCUT2D eigenvalue weighted by Crippen LogP contribution is -2.43. The van der Waals surface area contributed by atoms with Gasteiger partial charge in [-0.1, -0.05) is 12.8 Å². The molecule has 0 aromatic rings. The Morgan fingerprint density at radius 1 is 1.29 bits per heavy atom. The summed E-state index contributed by atoms with van der Waals surface area (Å²) < 4.78 is 0. The van der Waals surface area contributed by atoms with Crippen LogP contribution < -0.4 is 5.32 Å². The van der Waals surface area contributed by atoms with E-state index in [1.165, 1.54) is 17.7 Å². The van der Waals surface area contributed by atoms with Gasteiger partial charge in [0.25, 0.3) is 0 Å². The molecule has 4 nitrogen and oxygen atoms in total. The summed E-state index contributed by atoms with van der Waals surface area (Å²) in [6.07, 6.45) is 6.17. The fourth-order valence-corrected chi connectivity index (χ4v) is 2.76. The average Bonchev–Trinajstić information content (AvgIpc) is 3.11. The number of hydrogen-bond acceptors (Lipinski definition) is 3. The van der Waals surface area contributed by atoms with Crippen molar-refractivity contribution >= 4 is 11.8 Å². The third-order valence-corrected chi connectivity index (χ3v) is 3.96. The number of amides is 2. The molecule has 4 heteroatoms. The van der Waals surface area contributed by atoms with E-state index in [9.17, 15) is 9.59 Å². The Bertz CT molecular complexity index is 347. The predicted octanol–water partition coefficient (Wildman–Crippen LogP) is 1.05. The van der Waals surface area contributed by atoms with Crippen LogP contribution in [0.2, 0.25) is 0 Å². The SMILES string of the molecule is CC(CC1CC1)NC1CC(=O)N(C2CC2)C1=O. The van der Waals surface area contributed by atoms with E-state index < -0.39 is 0 Å². The van der Waals surface area contributed by atoms with Gasteiger partial charge in [0, 0.05) is 12.1 Å². The van der Waals surface area contributed by atoms with Gasteiger partial charge in [-0.25, -0.2) is 0 Å². The van der Waals surface area contributed by atoms with Gasteiger partial charge < -0.3 is 5.32 Å². The van der Waals surface area contributed by atoms with Gasteiger partial charge in [-0.2, -0.15) is 0 Å². The summed E-state index contributed by atoms with van der Waals surface area (Å²) in [7, 11) is 0. The minimum atomic E-state index is -0.253. The maximum Gasteiger partial charge on any atom is 0.247 e. The van der Waals surface area contributed by atoms with Crippen molar-refractivity contribution in [1.82, 2.24) is 10.2 Å². The molecule has 0 aromatic heterocycles. The molecule has 1 heterocycles. The number of nitrogens with one attached hydrogen (secondary N) is 1. The van der Waals surface area contributed by atoms with Crippen LogP contribution in [0, 0.1) is 5.92 Å². The van der Waals surface area contributed by atoms with Crippen LogP contribution in [0.5, 0.6) is 0 Å². The first kappa shape index (κ1) is 11.2. The molecule has 2 amide bonds. The van der Waals surface area contributed by atoms with Crippen molar-refractivity contribution in [2.24, 2.45) is 5.92 Å². The van der Waals surface area contributed by atoms with E-state index in [1.54, 1.807) is 0 Å². The molecule has 2 saturated carbocycles. The molecule has 94 valence electrons. The molecular weight excluding hydrogens is 216 g/mol. The Kier molecular flexibility index (Phi) is 2.69. The van der Waals surface area contributed by atoms with Gasteiger partial charge in [0.2, 0.25) is 11.8 Å². The largest absolute Gasteiger partial charge is 0.303 e. The van der Waals surface area contributed by atoms with Crippen LogP contribution >= 0.6 is 0 Å². The fourth-order valence-electron chi connectivity index (χ4n) is 2.76. The first-order chi connectivity index (χ1) is 8.15. The molecule has 3 aliphatic rings. The molecule has 2 unspecified atom stereocenters. The summed E-state index contributed by atoms with van der Waals surface area (Å²) in [5, 5.41) is 3.33. The normalized spacial score (nSPS) is 31.1. The number of hydrogen-bond donors (Lipinski definition) is 1. The quantitative estimate of drug-likeness (QED) is 0.726. The van der Waals surface area contributed by atoms with Gasteiger partial charge in [0.1, 0.15) is 0 Å². The van der Waals surface area contributed by atoms with E-state index in [2.05, 4.69) is 12.2 Å². The van der Waals surface area contributed by atoms with E-state index >= 15 is 0 Å². The highest BCUT2D eigenvalue weighted by Gasteiger charge is 2.46. The molecule has 0 aromatic carbocycles. The second-order valence-corrected chi connectivity index (χ2v) is 5.84. The Morgan fingerprint density at radius 3 is 2.59 bits per heavy atom. The van der Waals surface area contributed by atoms with Gasteiger partial charge in [-0.15, -0.1) is 0 Å². The lowest BCUT2D eigenvalue weighted by Gasteiger charge is -2.18. The van der Waals surface area contributed by atoms with Crippen LogP contribution in [-0.2, 0) is 9.59 Å². The smallest absolute Gasteiger partial charge is 0.247 e. The van der Waals surface area contributed by atoms with Crippen molar-refractivity contribution < 1.29 is 9.59 Å². The summed E-state index contributed by atoms with van der Waals surface area (Å²) in [5.41, 5.74) is 0. The molecule has 0 spiro atoms. The van der Waals surface area contributed by atoms with Crippen LogP contribution in [0.3, 0.4) is 0 Å². The fraction of sp³-hybridized carbons (Fsp3) is 0.846. The summed E-state index contributed by atoms with van der Waals surface area (Å²) >= 11 is 0. The minimum absolute atomic E-state index is 0.0140. The molecule has 1 N–H and O–H groups in total. The van der Waals surface area contributed by atoms with Crippen LogP contribution in [0.15, 0.2) is 0 Å². The maximum absolute atomic E-state index is 12.1. The molecule has 1 saturated heterocycles. The first-order valence-electron chi connectivity index (χ1n) is 6.77. The standard InChI is InChI=1S/C13H20N2O2/c1-8(6-9-2-3-9)14-11-7-12(16)15(13(11)17)10-4-5-10/h8-11,14H,2-7H2,1H3. The molecule has 2 atom stereocenters. The van der Waals surface area contributed by atoms with Gasteiger partial charge >= 0.3 is 0 Å². The summed E-state index contributed by atoms with van der Waals surface area (Å²) in [6.45, 7) is 2.12. The monoisotopic (exact) mass is 236 g/mol. The lowest BCUT2D eigenvalue weighted by molar-refractivity contribution is -0.139. The summed E-state index contributed by atoms with van der Waals surface area (Å²) in [5.74, 6) is 0.887. The number of imide groups is 1. The highest BCUT2D eigenvalue weighted by molar-refractivity contribution is 6.06. The van der Waals surface area contributed by atoms with Crippen LogP contribution in [-0.4, -0.2) is 34.8 Å². The lowest BCUT2D eigenvalue weighted by atomic mass is 10.1. The van der Waals surface area contributed by atoms with Crippen LogP contribution in [0.25, 0.3) is 0 Å². The van der Waals surface area contributed by atoms with E-state index in [4.69, 9.17) is 0 Å². The maximum atomic E-state index is 12.1. The molecular formula is C13H20N2O2. The van der Waals surface area contributed by atoms with Crippen molar-refractivity contribution in [3.8, 4) is 0 Å². The molecule has 3 rings (SSSR count). The number of likely N-dealkylation sites (tertiary alicyclic amines) is 1. The Labute approximate surface area is 102 Å². The van der Waals surface area contributed by atoms with E-state index in [0.717, 1.165) is 25.2 Å². The molecule has 2 aliphatic carbocycles. The predicted molar refractivity (Wildman–Crippen MR) is 63.2 cm³/mol. The molecule has 0 bridgehead atoms. The third-order valence-electron chi connectivity index (χ3n) is 3.96. The average molecular weight is 236 g/mol. The highest BCUT2D eigenvalue weighted by Crippen LogP contribution is 2.34. The van der Waals surface area contributed by atoms with Crippen LogP contribution in [0.4, 0.5) is 0 Å². The van der Waals surface area contributed by atoms with Crippen molar-refractivity contribution in [2.75, 3.05) is 0 Å². The summed E-state index contributed by atoms with van der Waals surface area (Å²) in [6, 6.07) is 0.320. The summed E-state index contributed by atoms with van der Waals surface area (Å²) in [4.78, 5) is 25.3. The van der Waals surface area contributed by atoms with Crippen LogP contribution in [0.1, 0.15) is 45.4 Å². The Hall–Kier alpha value is -0.900. The second kappa shape index (κ2) is 4.09. The van der Waals surface area contributed by atoms with Crippen molar-refractivity contribution in [3.05, 3.63) is 0 Å². The zero-order chi connectivity index (χ0) is 12.0. The second-order valence-electron chi connectivity index (χ2n) is 5.84. The zero-order valence-corrected chi connectivity index (χ0v) is 10.3. The van der Waals surface area contributed by atoms with E-state index in [1.807, 2.05) is 0 Å². The number of carbonyl (C=O) groups excluding carboxylic acids is 2. The minimum Gasteiger partial charge on any atom is -0.303 e. The van der Waals surface area contributed by atoms with Gasteiger partial charge in [-0.3, -0.25) is 14.5 Å². The van der Waals surface area contributed by atoms with E-state index in [-0.39, 0.29) is 23.9 Å². The van der Waals surface area contributed by atoms with Crippen molar-refractivity contribution in [1.29, 1.82) is 0 Å². The number of nitrogens with zero attached hydrogens (tertiary/aromatic N) is 1. The topological polar surface area (TPSA) is 49.4 Å². The first-order valence-corrected chi connectivity index (χ1v) is 6.77. The third kappa shape index (κ3) is 2.37. The van der Waals surface area contributed by atoms with Gasteiger partial charge in [0.15, 0.2) is 0 Å². The molecule has 17 heavy (non-hydrogen) atoms. The van der Waals surface area contributed by atoms with Gasteiger partial charge in [-0.05, 0) is 32.1 Å². The Balaban J connectivity index is 1.56. The zero-order valence-electron chi connectivity index (χ0n) is 10.3. The Morgan fingerprint density at radius 2 is 2.00 bits per heavy atom. The number of rotatable bonds is 5. The van der Waals surface area contributed by atoms with E-state index in [0.29, 0.717) is 12.5 Å². The van der Waals surface area contributed by atoms with Gasteiger partial charge in [0.05, 0.1) is 12.5 Å². The molecule has 1 aliphatic heterocycles. The molecule has 0 radical (unpaired) electrons. The highest BCUT2D eigenvalue weighted by atomic mass is 16.2. The molecule has 3 fully saturated rings. The number of carbonyl (C=O) groups is 2.